The smallest absolute Gasteiger partial charge is 0.196 e. The first-order chi connectivity index (χ1) is 8.68. The molecular weight excluding hydrogens is 359 g/mol. The standard InChI is InChI=1S/C16H14OS.Sn/c1-10(2)11-7-5-9-14-15(11)16(17)12-6-3-4-8-13(12)18-14;/h3-10H,1-2H3;. The molecule has 0 amide bonds. The van der Waals surface area contributed by atoms with E-state index in [-0.39, 0.29) is 29.3 Å². The van der Waals surface area contributed by atoms with Gasteiger partial charge in [0.1, 0.15) is 0 Å². The van der Waals surface area contributed by atoms with Crippen LogP contribution in [0.25, 0.3) is 20.2 Å². The molecule has 3 rings (SSSR count). The second kappa shape index (κ2) is 5.63. The molecule has 0 bridgehead atoms. The molecule has 1 aromatic heterocycles. The first kappa shape index (κ1) is 14.5. The molecule has 2 aromatic carbocycles. The van der Waals surface area contributed by atoms with Gasteiger partial charge in [0.25, 0.3) is 0 Å². The van der Waals surface area contributed by atoms with Crippen molar-refractivity contribution in [3.8, 4) is 0 Å². The van der Waals surface area contributed by atoms with Gasteiger partial charge in [-0.2, -0.15) is 0 Å². The number of hydrogen-bond donors (Lipinski definition) is 0. The van der Waals surface area contributed by atoms with Gasteiger partial charge < -0.3 is 0 Å². The van der Waals surface area contributed by atoms with E-state index < -0.39 is 0 Å². The monoisotopic (exact) mass is 374 g/mol. The van der Waals surface area contributed by atoms with Crippen molar-refractivity contribution in [3.05, 3.63) is 58.3 Å². The summed E-state index contributed by atoms with van der Waals surface area (Å²) in [7, 11) is 0. The topological polar surface area (TPSA) is 17.1 Å². The molecule has 19 heavy (non-hydrogen) atoms. The van der Waals surface area contributed by atoms with Crippen LogP contribution < -0.4 is 5.43 Å². The van der Waals surface area contributed by atoms with Crippen LogP contribution in [-0.2, 0) is 0 Å². The van der Waals surface area contributed by atoms with E-state index in [2.05, 4.69) is 19.9 Å². The van der Waals surface area contributed by atoms with Crippen molar-refractivity contribution in [3.63, 3.8) is 0 Å². The van der Waals surface area contributed by atoms with E-state index in [4.69, 9.17) is 0 Å². The van der Waals surface area contributed by atoms with Crippen LogP contribution in [0.15, 0.2) is 47.3 Å². The molecule has 0 N–H and O–H groups in total. The number of benzene rings is 2. The van der Waals surface area contributed by atoms with Crippen LogP contribution in [0.4, 0.5) is 0 Å². The first-order valence-corrected chi connectivity index (χ1v) is 6.94. The van der Waals surface area contributed by atoms with Crippen LogP contribution in [0.2, 0.25) is 0 Å². The zero-order valence-corrected chi connectivity index (χ0v) is 14.6. The van der Waals surface area contributed by atoms with Crippen LogP contribution >= 0.6 is 11.3 Å². The Morgan fingerprint density at radius 1 is 0.947 bits per heavy atom. The Morgan fingerprint density at radius 3 is 2.37 bits per heavy atom. The van der Waals surface area contributed by atoms with Gasteiger partial charge in [-0.1, -0.05) is 38.1 Å². The van der Waals surface area contributed by atoms with Gasteiger partial charge in [0.2, 0.25) is 0 Å². The molecule has 0 saturated carbocycles. The van der Waals surface area contributed by atoms with E-state index in [0.29, 0.717) is 5.92 Å². The predicted molar refractivity (Wildman–Crippen MR) is 85.4 cm³/mol. The summed E-state index contributed by atoms with van der Waals surface area (Å²) in [6, 6.07) is 14.0. The fraction of sp³-hybridized carbons (Fsp3) is 0.188. The summed E-state index contributed by atoms with van der Waals surface area (Å²) in [5, 5.41) is 1.74. The largest absolute Gasteiger partial charge is 0.288 e. The molecule has 1 nitrogen and oxygen atoms in total. The molecule has 4 radical (unpaired) electrons. The molecule has 0 spiro atoms. The molecule has 0 atom stereocenters. The summed E-state index contributed by atoms with van der Waals surface area (Å²) >= 11 is 1.70. The van der Waals surface area contributed by atoms with Crippen molar-refractivity contribution in [1.29, 1.82) is 0 Å². The molecule has 0 aliphatic rings. The summed E-state index contributed by atoms with van der Waals surface area (Å²) < 4.78 is 2.15. The molecule has 0 unspecified atom stereocenters. The molecule has 0 fully saturated rings. The van der Waals surface area contributed by atoms with Crippen molar-refractivity contribution in [2.45, 2.75) is 19.8 Å². The van der Waals surface area contributed by atoms with Crippen LogP contribution in [0.1, 0.15) is 25.3 Å². The Labute approximate surface area is 133 Å². The van der Waals surface area contributed by atoms with Gasteiger partial charge in [-0.05, 0) is 29.7 Å². The van der Waals surface area contributed by atoms with Crippen LogP contribution in [0, 0.1) is 0 Å². The summed E-state index contributed by atoms with van der Waals surface area (Å²) in [5.74, 6) is 0.370. The fourth-order valence-corrected chi connectivity index (χ4v) is 3.47. The minimum atomic E-state index is 0. The fourth-order valence-electron chi connectivity index (χ4n) is 2.35. The molecule has 94 valence electrons. The number of hydrogen-bond acceptors (Lipinski definition) is 2. The molecule has 0 saturated heterocycles. The van der Waals surface area contributed by atoms with Crippen LogP contribution in [0.3, 0.4) is 0 Å². The zero-order valence-electron chi connectivity index (χ0n) is 10.9. The Bertz CT molecular complexity index is 789. The average Bonchev–Trinajstić information content (AvgIpc) is 2.38. The normalized spacial score (nSPS) is 10.9. The SMILES string of the molecule is CC(C)c1cccc2sc3ccccc3c(=O)c12.[Sn]. The summed E-state index contributed by atoms with van der Waals surface area (Å²) in [5.41, 5.74) is 1.32. The van der Waals surface area contributed by atoms with E-state index in [1.54, 1.807) is 11.3 Å². The van der Waals surface area contributed by atoms with Gasteiger partial charge in [0, 0.05) is 44.1 Å². The summed E-state index contributed by atoms with van der Waals surface area (Å²) in [4.78, 5) is 12.6. The molecule has 0 aliphatic carbocycles. The maximum Gasteiger partial charge on any atom is 0.196 e. The maximum atomic E-state index is 12.6. The minimum absolute atomic E-state index is 0. The van der Waals surface area contributed by atoms with Crippen molar-refractivity contribution in [2.24, 2.45) is 0 Å². The number of fused-ring (bicyclic) bond motifs is 2. The van der Waals surface area contributed by atoms with E-state index in [0.717, 1.165) is 25.7 Å². The van der Waals surface area contributed by atoms with Gasteiger partial charge in [0.05, 0.1) is 0 Å². The van der Waals surface area contributed by atoms with Crippen molar-refractivity contribution in [2.75, 3.05) is 0 Å². The Hall–Kier alpha value is -0.871. The minimum Gasteiger partial charge on any atom is -0.288 e. The Balaban J connectivity index is 0.00000133. The molecular formula is C16H14OSSn. The van der Waals surface area contributed by atoms with E-state index in [9.17, 15) is 4.79 Å². The second-order valence-corrected chi connectivity index (χ2v) is 5.89. The molecule has 3 heteroatoms. The van der Waals surface area contributed by atoms with Gasteiger partial charge in [-0.15, -0.1) is 11.3 Å². The van der Waals surface area contributed by atoms with Crippen molar-refractivity contribution < 1.29 is 0 Å². The third kappa shape index (κ3) is 2.43. The zero-order chi connectivity index (χ0) is 12.7. The quantitative estimate of drug-likeness (QED) is 0.463. The van der Waals surface area contributed by atoms with Gasteiger partial charge in [-0.3, -0.25) is 4.79 Å². The van der Waals surface area contributed by atoms with E-state index in [1.807, 2.05) is 36.4 Å². The maximum absolute atomic E-state index is 12.6. The van der Waals surface area contributed by atoms with E-state index in [1.165, 1.54) is 0 Å². The van der Waals surface area contributed by atoms with Gasteiger partial charge >= 0.3 is 0 Å². The van der Waals surface area contributed by atoms with Crippen LogP contribution in [-0.4, -0.2) is 23.9 Å². The molecule has 1 heterocycles. The first-order valence-electron chi connectivity index (χ1n) is 6.13. The summed E-state index contributed by atoms with van der Waals surface area (Å²) in [6.45, 7) is 4.27. The van der Waals surface area contributed by atoms with Gasteiger partial charge in [0.15, 0.2) is 5.43 Å². The average molecular weight is 373 g/mol. The predicted octanol–water partition coefficient (Wildman–Crippen LogP) is 4.16. The Kier molecular flexibility index (Phi) is 4.31. The van der Waals surface area contributed by atoms with Crippen molar-refractivity contribution >= 4 is 55.4 Å². The van der Waals surface area contributed by atoms with E-state index >= 15 is 0 Å². The molecule has 0 aliphatic heterocycles. The molecule has 3 aromatic rings. The van der Waals surface area contributed by atoms with Gasteiger partial charge in [-0.25, -0.2) is 0 Å². The number of rotatable bonds is 1. The second-order valence-electron chi connectivity index (χ2n) is 4.80. The third-order valence-corrected chi connectivity index (χ3v) is 4.40. The third-order valence-electron chi connectivity index (χ3n) is 3.26. The summed E-state index contributed by atoms with van der Waals surface area (Å²) in [6.07, 6.45) is 0. The van der Waals surface area contributed by atoms with Crippen LogP contribution in [0.5, 0.6) is 0 Å². The van der Waals surface area contributed by atoms with Crippen molar-refractivity contribution in [1.82, 2.24) is 0 Å². The Morgan fingerprint density at radius 2 is 1.63 bits per heavy atom.